The Labute approximate surface area is 133 Å². The SMILES string of the molecule is COCCNCc1cnc(Oc2ccccc2Br)c(C)c1. The molecule has 0 aliphatic rings. The van der Waals surface area contributed by atoms with Crippen molar-refractivity contribution < 1.29 is 9.47 Å². The van der Waals surface area contributed by atoms with Crippen LogP contribution in [-0.4, -0.2) is 25.2 Å². The molecule has 1 N–H and O–H groups in total. The van der Waals surface area contributed by atoms with Crippen molar-refractivity contribution in [3.8, 4) is 11.6 Å². The molecular weight excluding hydrogens is 332 g/mol. The number of nitrogens with one attached hydrogen (secondary N) is 1. The second-order valence-corrected chi connectivity index (χ2v) is 5.52. The average molecular weight is 351 g/mol. The van der Waals surface area contributed by atoms with E-state index < -0.39 is 0 Å². The molecule has 1 aromatic heterocycles. The van der Waals surface area contributed by atoms with Gasteiger partial charge < -0.3 is 14.8 Å². The van der Waals surface area contributed by atoms with Crippen LogP contribution in [0.25, 0.3) is 0 Å². The molecule has 0 atom stereocenters. The van der Waals surface area contributed by atoms with Crippen molar-refractivity contribution in [1.82, 2.24) is 10.3 Å². The average Bonchev–Trinajstić information content (AvgIpc) is 2.48. The Morgan fingerprint density at radius 1 is 1.29 bits per heavy atom. The summed E-state index contributed by atoms with van der Waals surface area (Å²) in [5.74, 6) is 1.39. The first-order valence-corrected chi connectivity index (χ1v) is 7.57. The van der Waals surface area contributed by atoms with Gasteiger partial charge in [0.25, 0.3) is 0 Å². The maximum absolute atomic E-state index is 5.84. The van der Waals surface area contributed by atoms with Crippen molar-refractivity contribution in [3.05, 3.63) is 52.1 Å². The normalized spacial score (nSPS) is 10.6. The molecule has 21 heavy (non-hydrogen) atoms. The first-order chi connectivity index (χ1) is 10.2. The molecular formula is C16H19BrN2O2. The summed E-state index contributed by atoms with van der Waals surface area (Å²) in [6.45, 7) is 4.30. The summed E-state index contributed by atoms with van der Waals surface area (Å²) in [5, 5.41) is 3.29. The minimum absolute atomic E-state index is 0.627. The van der Waals surface area contributed by atoms with E-state index in [1.54, 1.807) is 7.11 Å². The number of rotatable bonds is 7. The number of methoxy groups -OCH3 is 1. The topological polar surface area (TPSA) is 43.4 Å². The zero-order valence-electron chi connectivity index (χ0n) is 12.2. The number of aryl methyl sites for hydroxylation is 1. The predicted octanol–water partition coefficient (Wildman–Crippen LogP) is 3.68. The van der Waals surface area contributed by atoms with Gasteiger partial charge in [-0.05, 0) is 46.6 Å². The van der Waals surface area contributed by atoms with Gasteiger partial charge in [0.2, 0.25) is 5.88 Å². The summed E-state index contributed by atoms with van der Waals surface area (Å²) in [4.78, 5) is 4.40. The molecule has 0 radical (unpaired) electrons. The Morgan fingerprint density at radius 2 is 2.10 bits per heavy atom. The molecule has 5 heteroatoms. The van der Waals surface area contributed by atoms with Gasteiger partial charge in [-0.2, -0.15) is 0 Å². The molecule has 1 heterocycles. The highest BCUT2D eigenvalue weighted by Crippen LogP contribution is 2.29. The van der Waals surface area contributed by atoms with Crippen LogP contribution in [0.4, 0.5) is 0 Å². The minimum Gasteiger partial charge on any atom is -0.438 e. The highest BCUT2D eigenvalue weighted by Gasteiger charge is 2.07. The largest absolute Gasteiger partial charge is 0.438 e. The van der Waals surface area contributed by atoms with Crippen LogP contribution in [0.5, 0.6) is 11.6 Å². The Bertz CT molecular complexity index is 590. The zero-order chi connectivity index (χ0) is 15.1. The van der Waals surface area contributed by atoms with Crippen LogP contribution >= 0.6 is 15.9 Å². The van der Waals surface area contributed by atoms with Crippen LogP contribution in [-0.2, 0) is 11.3 Å². The van der Waals surface area contributed by atoms with E-state index in [0.29, 0.717) is 12.5 Å². The van der Waals surface area contributed by atoms with Gasteiger partial charge >= 0.3 is 0 Å². The lowest BCUT2D eigenvalue weighted by atomic mass is 10.2. The van der Waals surface area contributed by atoms with E-state index in [4.69, 9.17) is 9.47 Å². The van der Waals surface area contributed by atoms with Crippen molar-refractivity contribution in [2.24, 2.45) is 0 Å². The van der Waals surface area contributed by atoms with Crippen LogP contribution in [0.2, 0.25) is 0 Å². The van der Waals surface area contributed by atoms with Gasteiger partial charge in [-0.3, -0.25) is 0 Å². The summed E-state index contributed by atoms with van der Waals surface area (Å²) in [6.07, 6.45) is 1.83. The fourth-order valence-electron chi connectivity index (χ4n) is 1.86. The Hall–Kier alpha value is -1.43. The second-order valence-electron chi connectivity index (χ2n) is 4.67. The fourth-order valence-corrected chi connectivity index (χ4v) is 2.23. The van der Waals surface area contributed by atoms with Crippen LogP contribution in [0, 0.1) is 6.92 Å². The number of hydrogen-bond acceptors (Lipinski definition) is 4. The molecule has 0 unspecified atom stereocenters. The number of hydrogen-bond donors (Lipinski definition) is 1. The highest BCUT2D eigenvalue weighted by molar-refractivity contribution is 9.10. The monoisotopic (exact) mass is 350 g/mol. The highest BCUT2D eigenvalue weighted by atomic mass is 79.9. The molecule has 2 aromatic rings. The number of halogens is 1. The third-order valence-corrected chi connectivity index (χ3v) is 3.60. The zero-order valence-corrected chi connectivity index (χ0v) is 13.8. The van der Waals surface area contributed by atoms with Crippen LogP contribution in [0.1, 0.15) is 11.1 Å². The van der Waals surface area contributed by atoms with Crippen molar-refractivity contribution in [1.29, 1.82) is 0 Å². The summed E-state index contributed by atoms with van der Waals surface area (Å²) in [5.41, 5.74) is 2.14. The number of benzene rings is 1. The summed E-state index contributed by atoms with van der Waals surface area (Å²) < 4.78 is 11.8. The number of nitrogens with zero attached hydrogens (tertiary/aromatic N) is 1. The fraction of sp³-hybridized carbons (Fsp3) is 0.312. The first kappa shape index (κ1) is 15.9. The summed E-state index contributed by atoms with van der Waals surface area (Å²) in [6, 6.07) is 9.82. The smallest absolute Gasteiger partial charge is 0.222 e. The molecule has 2 rings (SSSR count). The van der Waals surface area contributed by atoms with E-state index in [2.05, 4.69) is 32.3 Å². The van der Waals surface area contributed by atoms with E-state index in [1.807, 2.05) is 37.4 Å². The lowest BCUT2D eigenvalue weighted by Crippen LogP contribution is -2.18. The van der Waals surface area contributed by atoms with E-state index in [-0.39, 0.29) is 0 Å². The van der Waals surface area contributed by atoms with Crippen molar-refractivity contribution in [2.75, 3.05) is 20.3 Å². The quantitative estimate of drug-likeness (QED) is 0.773. The Morgan fingerprint density at radius 3 is 2.81 bits per heavy atom. The maximum Gasteiger partial charge on any atom is 0.222 e. The van der Waals surface area contributed by atoms with Crippen LogP contribution in [0.3, 0.4) is 0 Å². The second kappa shape index (κ2) is 8.12. The van der Waals surface area contributed by atoms with Crippen molar-refractivity contribution in [2.45, 2.75) is 13.5 Å². The van der Waals surface area contributed by atoms with Gasteiger partial charge in [-0.15, -0.1) is 0 Å². The lowest BCUT2D eigenvalue weighted by Gasteiger charge is -2.10. The molecule has 0 fully saturated rings. The van der Waals surface area contributed by atoms with Gasteiger partial charge in [0, 0.05) is 32.0 Å². The lowest BCUT2D eigenvalue weighted by molar-refractivity contribution is 0.199. The number of aromatic nitrogens is 1. The maximum atomic E-state index is 5.84. The van der Waals surface area contributed by atoms with Crippen molar-refractivity contribution >= 4 is 15.9 Å². The third kappa shape index (κ3) is 4.81. The Balaban J connectivity index is 2.01. The third-order valence-electron chi connectivity index (χ3n) is 2.94. The molecule has 0 spiro atoms. The first-order valence-electron chi connectivity index (χ1n) is 6.78. The standard InChI is InChI=1S/C16H19BrN2O2/c1-12-9-13(10-18-7-8-20-2)11-19-16(12)21-15-6-4-3-5-14(15)17/h3-6,9,11,18H,7-8,10H2,1-2H3. The van der Waals surface area contributed by atoms with E-state index in [1.165, 1.54) is 0 Å². The molecule has 4 nitrogen and oxygen atoms in total. The molecule has 1 aromatic carbocycles. The van der Waals surface area contributed by atoms with Crippen molar-refractivity contribution in [3.63, 3.8) is 0 Å². The predicted molar refractivity (Wildman–Crippen MR) is 86.8 cm³/mol. The molecule has 0 saturated carbocycles. The number of ether oxygens (including phenoxy) is 2. The van der Waals surface area contributed by atoms with Crippen LogP contribution in [0.15, 0.2) is 41.0 Å². The van der Waals surface area contributed by atoms with Gasteiger partial charge in [0.05, 0.1) is 11.1 Å². The minimum atomic E-state index is 0.627. The van der Waals surface area contributed by atoms with Gasteiger partial charge in [-0.25, -0.2) is 4.98 Å². The van der Waals surface area contributed by atoms with Gasteiger partial charge in [-0.1, -0.05) is 12.1 Å². The molecule has 0 saturated heterocycles. The molecule has 0 aliphatic heterocycles. The Kier molecular flexibility index (Phi) is 6.17. The van der Waals surface area contributed by atoms with E-state index in [0.717, 1.165) is 34.4 Å². The van der Waals surface area contributed by atoms with Crippen LogP contribution < -0.4 is 10.1 Å². The molecule has 112 valence electrons. The summed E-state index contributed by atoms with van der Waals surface area (Å²) >= 11 is 3.47. The van der Waals surface area contributed by atoms with Gasteiger partial charge in [0.1, 0.15) is 5.75 Å². The summed E-state index contributed by atoms with van der Waals surface area (Å²) in [7, 11) is 1.70. The number of para-hydroxylation sites is 1. The molecule has 0 aliphatic carbocycles. The van der Waals surface area contributed by atoms with E-state index in [9.17, 15) is 0 Å². The molecule has 0 amide bonds. The van der Waals surface area contributed by atoms with Gasteiger partial charge in [0.15, 0.2) is 0 Å². The van der Waals surface area contributed by atoms with E-state index >= 15 is 0 Å². The number of pyridine rings is 1. The molecule has 0 bridgehead atoms.